The summed E-state index contributed by atoms with van der Waals surface area (Å²) in [5.74, 6) is -0.208. The molecule has 0 atom stereocenters. The Morgan fingerprint density at radius 3 is 2.39 bits per heavy atom. The van der Waals surface area contributed by atoms with Crippen molar-refractivity contribution in [3.05, 3.63) is 58.9 Å². The maximum absolute atomic E-state index is 13.7. The van der Waals surface area contributed by atoms with Crippen molar-refractivity contribution in [2.24, 2.45) is 0 Å². The Labute approximate surface area is 109 Å². The molecule has 92 valence electrons. The molecule has 2 nitrogen and oxygen atoms in total. The van der Waals surface area contributed by atoms with E-state index >= 15 is 0 Å². The molecule has 0 aromatic heterocycles. The standard InChI is InChI=1S/C14H10ClFO2/c1-9(17)10-2-7-14(13(16)8-10)18-12-5-3-11(15)4-6-12/h2-8H,1H3. The van der Waals surface area contributed by atoms with Gasteiger partial charge in [0.05, 0.1) is 0 Å². The predicted octanol–water partition coefficient (Wildman–Crippen LogP) is 4.47. The van der Waals surface area contributed by atoms with Gasteiger partial charge in [0.1, 0.15) is 5.75 Å². The first-order valence-electron chi connectivity index (χ1n) is 5.30. The smallest absolute Gasteiger partial charge is 0.166 e. The molecule has 18 heavy (non-hydrogen) atoms. The molecule has 0 heterocycles. The average Bonchev–Trinajstić information content (AvgIpc) is 2.34. The molecule has 0 saturated carbocycles. The highest BCUT2D eigenvalue weighted by atomic mass is 35.5. The van der Waals surface area contributed by atoms with Gasteiger partial charge in [-0.25, -0.2) is 4.39 Å². The Morgan fingerprint density at radius 1 is 1.17 bits per heavy atom. The number of carbonyl (C=O) groups is 1. The summed E-state index contributed by atoms with van der Waals surface area (Å²) in [5, 5.41) is 0.578. The third-order valence-electron chi connectivity index (χ3n) is 2.38. The lowest BCUT2D eigenvalue weighted by atomic mass is 10.1. The highest BCUT2D eigenvalue weighted by molar-refractivity contribution is 6.30. The van der Waals surface area contributed by atoms with Gasteiger partial charge in [-0.05, 0) is 49.4 Å². The van der Waals surface area contributed by atoms with E-state index in [9.17, 15) is 9.18 Å². The second kappa shape index (κ2) is 5.19. The molecule has 0 amide bonds. The van der Waals surface area contributed by atoms with Crippen LogP contribution in [0.3, 0.4) is 0 Å². The highest BCUT2D eigenvalue weighted by Gasteiger charge is 2.08. The summed E-state index contributed by atoms with van der Waals surface area (Å²) in [4.78, 5) is 11.1. The van der Waals surface area contributed by atoms with E-state index in [0.29, 0.717) is 16.3 Å². The Hall–Kier alpha value is -1.87. The van der Waals surface area contributed by atoms with Crippen molar-refractivity contribution >= 4 is 17.4 Å². The van der Waals surface area contributed by atoms with Crippen molar-refractivity contribution < 1.29 is 13.9 Å². The number of carbonyl (C=O) groups excluding carboxylic acids is 1. The van der Waals surface area contributed by atoms with E-state index in [-0.39, 0.29) is 11.5 Å². The third-order valence-corrected chi connectivity index (χ3v) is 2.63. The molecule has 0 unspecified atom stereocenters. The van der Waals surface area contributed by atoms with Gasteiger partial charge in [-0.3, -0.25) is 4.79 Å². The number of hydrogen-bond donors (Lipinski definition) is 0. The number of Topliss-reactive ketones (excluding diaryl/α,β-unsaturated/α-hetero) is 1. The molecule has 0 aliphatic rings. The summed E-state index contributed by atoms with van der Waals surface area (Å²) in [7, 11) is 0. The topological polar surface area (TPSA) is 26.3 Å². The van der Waals surface area contributed by atoms with Crippen LogP contribution in [0.25, 0.3) is 0 Å². The number of ether oxygens (including phenoxy) is 1. The van der Waals surface area contributed by atoms with Crippen LogP contribution in [0.4, 0.5) is 4.39 Å². The Kier molecular flexibility index (Phi) is 3.63. The van der Waals surface area contributed by atoms with Crippen LogP contribution >= 0.6 is 11.6 Å². The number of ketones is 1. The summed E-state index contributed by atoms with van der Waals surface area (Å²) >= 11 is 5.73. The van der Waals surface area contributed by atoms with Crippen molar-refractivity contribution in [1.29, 1.82) is 0 Å². The van der Waals surface area contributed by atoms with Crippen LogP contribution in [-0.2, 0) is 0 Å². The second-order valence-corrected chi connectivity index (χ2v) is 4.19. The van der Waals surface area contributed by atoms with Crippen molar-refractivity contribution in [3.63, 3.8) is 0 Å². The molecule has 0 spiro atoms. The van der Waals surface area contributed by atoms with Crippen molar-refractivity contribution in [2.75, 3.05) is 0 Å². The number of benzene rings is 2. The molecule has 0 radical (unpaired) electrons. The van der Waals surface area contributed by atoms with Crippen molar-refractivity contribution in [2.45, 2.75) is 6.92 Å². The van der Waals surface area contributed by atoms with E-state index in [1.54, 1.807) is 24.3 Å². The molecule has 0 N–H and O–H groups in total. The quantitative estimate of drug-likeness (QED) is 0.765. The second-order valence-electron chi connectivity index (χ2n) is 3.76. The lowest BCUT2D eigenvalue weighted by Gasteiger charge is -2.07. The Bertz CT molecular complexity index is 579. The minimum absolute atomic E-state index is 0.0716. The van der Waals surface area contributed by atoms with Crippen LogP contribution in [0, 0.1) is 5.82 Å². The molecule has 2 aromatic carbocycles. The fourth-order valence-electron chi connectivity index (χ4n) is 1.43. The zero-order chi connectivity index (χ0) is 13.1. The summed E-state index contributed by atoms with van der Waals surface area (Å²) in [6.45, 7) is 1.38. The number of halogens is 2. The first-order valence-corrected chi connectivity index (χ1v) is 5.68. The van der Waals surface area contributed by atoms with Crippen LogP contribution in [0.1, 0.15) is 17.3 Å². The molecule has 0 aliphatic heterocycles. The molecule has 2 aromatic rings. The molecular weight excluding hydrogens is 255 g/mol. The van der Waals surface area contributed by atoms with Crippen LogP contribution in [0.5, 0.6) is 11.5 Å². The van der Waals surface area contributed by atoms with Crippen molar-refractivity contribution in [3.8, 4) is 11.5 Å². The summed E-state index contributed by atoms with van der Waals surface area (Å²) < 4.78 is 19.0. The van der Waals surface area contributed by atoms with E-state index < -0.39 is 5.82 Å². The van der Waals surface area contributed by atoms with Gasteiger partial charge < -0.3 is 4.74 Å². The maximum Gasteiger partial charge on any atom is 0.166 e. The van der Waals surface area contributed by atoms with Gasteiger partial charge in [0, 0.05) is 10.6 Å². The van der Waals surface area contributed by atoms with E-state index in [0.717, 1.165) is 6.07 Å². The fourth-order valence-corrected chi connectivity index (χ4v) is 1.56. The van der Waals surface area contributed by atoms with Crippen LogP contribution in [0.15, 0.2) is 42.5 Å². The molecule has 2 rings (SSSR count). The van der Waals surface area contributed by atoms with Gasteiger partial charge in [0.25, 0.3) is 0 Å². The monoisotopic (exact) mass is 264 g/mol. The van der Waals surface area contributed by atoms with Gasteiger partial charge in [0.2, 0.25) is 0 Å². The lowest BCUT2D eigenvalue weighted by molar-refractivity contribution is 0.101. The fraction of sp³-hybridized carbons (Fsp3) is 0.0714. The lowest BCUT2D eigenvalue weighted by Crippen LogP contribution is -1.95. The van der Waals surface area contributed by atoms with Crippen molar-refractivity contribution in [1.82, 2.24) is 0 Å². The normalized spacial score (nSPS) is 10.2. The molecule has 0 aliphatic carbocycles. The molecular formula is C14H10ClFO2. The van der Waals surface area contributed by atoms with Gasteiger partial charge in [-0.15, -0.1) is 0 Å². The van der Waals surface area contributed by atoms with Gasteiger partial charge in [-0.2, -0.15) is 0 Å². The first-order chi connectivity index (χ1) is 8.56. The van der Waals surface area contributed by atoms with Gasteiger partial charge in [0.15, 0.2) is 17.3 Å². The highest BCUT2D eigenvalue weighted by Crippen LogP contribution is 2.26. The number of hydrogen-bond acceptors (Lipinski definition) is 2. The minimum Gasteiger partial charge on any atom is -0.454 e. The largest absolute Gasteiger partial charge is 0.454 e. The number of rotatable bonds is 3. The molecule has 4 heteroatoms. The minimum atomic E-state index is -0.572. The van der Waals surface area contributed by atoms with Crippen LogP contribution in [0.2, 0.25) is 5.02 Å². The SMILES string of the molecule is CC(=O)c1ccc(Oc2ccc(Cl)cc2)c(F)c1. The summed E-state index contributed by atoms with van der Waals surface area (Å²) in [6, 6.07) is 10.7. The zero-order valence-electron chi connectivity index (χ0n) is 9.61. The van der Waals surface area contributed by atoms with E-state index in [4.69, 9.17) is 16.3 Å². The van der Waals surface area contributed by atoms with E-state index in [1.807, 2.05) is 0 Å². The third kappa shape index (κ3) is 2.87. The summed E-state index contributed by atoms with van der Waals surface area (Å²) in [5.41, 5.74) is 0.316. The zero-order valence-corrected chi connectivity index (χ0v) is 10.4. The van der Waals surface area contributed by atoms with Gasteiger partial charge >= 0.3 is 0 Å². The summed E-state index contributed by atoms with van der Waals surface area (Å²) in [6.07, 6.45) is 0. The van der Waals surface area contributed by atoms with E-state index in [2.05, 4.69) is 0 Å². The molecule has 0 saturated heterocycles. The molecule has 0 fully saturated rings. The van der Waals surface area contributed by atoms with Gasteiger partial charge in [-0.1, -0.05) is 11.6 Å². The van der Waals surface area contributed by atoms with Crippen LogP contribution in [-0.4, -0.2) is 5.78 Å². The van der Waals surface area contributed by atoms with E-state index in [1.165, 1.54) is 19.1 Å². The molecule has 0 bridgehead atoms. The first kappa shape index (κ1) is 12.6. The Morgan fingerprint density at radius 2 is 1.83 bits per heavy atom. The average molecular weight is 265 g/mol. The Balaban J connectivity index is 2.24. The van der Waals surface area contributed by atoms with Crippen LogP contribution < -0.4 is 4.74 Å². The predicted molar refractivity (Wildman–Crippen MR) is 67.9 cm³/mol. The maximum atomic E-state index is 13.7.